The van der Waals surface area contributed by atoms with Crippen LogP contribution in [0.4, 0.5) is 0 Å². The highest BCUT2D eigenvalue weighted by Crippen LogP contribution is 2.14. The van der Waals surface area contributed by atoms with Crippen molar-refractivity contribution in [2.75, 3.05) is 0 Å². The van der Waals surface area contributed by atoms with Crippen LogP contribution in [-0.4, -0.2) is 27.0 Å². The monoisotopic (exact) mass is 442 g/mol. The highest BCUT2D eigenvalue weighted by molar-refractivity contribution is 7.89. The Kier molecular flexibility index (Phi) is 6.10. The van der Waals surface area contributed by atoms with Gasteiger partial charge in [-0.05, 0) is 36.4 Å². The fourth-order valence-corrected chi connectivity index (χ4v) is 4.22. The van der Waals surface area contributed by atoms with Gasteiger partial charge in [-0.2, -0.15) is 0 Å². The lowest BCUT2D eigenvalue weighted by Crippen LogP contribution is -2.23. The molecule has 2 N–H and O–H groups in total. The molecule has 0 bridgehead atoms. The predicted molar refractivity (Wildman–Crippen MR) is 100 cm³/mol. The van der Waals surface area contributed by atoms with E-state index in [9.17, 15) is 16.8 Å². The molecule has 0 aliphatic carbocycles. The lowest BCUT2D eigenvalue weighted by Gasteiger charge is -2.05. The van der Waals surface area contributed by atoms with Gasteiger partial charge in [0, 0.05) is 5.02 Å². The Bertz CT molecular complexity index is 1150. The smallest absolute Gasteiger partial charge is 0.241 e. The fraction of sp³-hybridized carbons (Fsp3) is 0.125. The molecule has 0 saturated heterocycles. The van der Waals surface area contributed by atoms with Crippen LogP contribution in [0.1, 0.15) is 11.8 Å². The van der Waals surface area contributed by atoms with Crippen molar-refractivity contribution >= 4 is 31.6 Å². The summed E-state index contributed by atoms with van der Waals surface area (Å²) in [6, 6.07) is 13.5. The van der Waals surface area contributed by atoms with Gasteiger partial charge in [0.1, 0.15) is 0 Å². The Morgan fingerprint density at radius 2 is 1.21 bits per heavy atom. The third-order valence-corrected chi connectivity index (χ3v) is 6.60. The number of hydrogen-bond donors (Lipinski definition) is 2. The molecule has 3 rings (SSSR count). The first-order valence-corrected chi connectivity index (χ1v) is 11.2. The minimum absolute atomic E-state index is 0.000182. The van der Waals surface area contributed by atoms with Crippen molar-refractivity contribution in [2.24, 2.45) is 0 Å². The first-order valence-electron chi connectivity index (χ1n) is 7.87. The Hall–Kier alpha value is -2.31. The molecule has 1 aromatic heterocycles. The van der Waals surface area contributed by atoms with Gasteiger partial charge in [-0.15, -0.1) is 10.2 Å². The van der Waals surface area contributed by atoms with Crippen LogP contribution in [0.25, 0.3) is 0 Å². The van der Waals surface area contributed by atoms with Crippen molar-refractivity contribution in [1.29, 1.82) is 0 Å². The average molecular weight is 443 g/mol. The number of halogens is 1. The van der Waals surface area contributed by atoms with Gasteiger partial charge in [-0.1, -0.05) is 29.8 Å². The summed E-state index contributed by atoms with van der Waals surface area (Å²) in [5.41, 5.74) is 0. The molecule has 0 atom stereocenters. The summed E-state index contributed by atoms with van der Waals surface area (Å²) in [5, 5.41) is 7.82. The molecule has 0 spiro atoms. The van der Waals surface area contributed by atoms with Crippen LogP contribution in [0.3, 0.4) is 0 Å². The Morgan fingerprint density at radius 1 is 0.750 bits per heavy atom. The van der Waals surface area contributed by atoms with E-state index in [1.807, 2.05) is 0 Å². The van der Waals surface area contributed by atoms with E-state index in [1.165, 1.54) is 36.4 Å². The van der Waals surface area contributed by atoms with E-state index < -0.39 is 20.0 Å². The molecule has 28 heavy (non-hydrogen) atoms. The third-order valence-electron chi connectivity index (χ3n) is 3.51. The van der Waals surface area contributed by atoms with Gasteiger partial charge in [-0.25, -0.2) is 26.3 Å². The van der Waals surface area contributed by atoms with Gasteiger partial charge in [0.15, 0.2) is 0 Å². The summed E-state index contributed by atoms with van der Waals surface area (Å²) in [4.78, 5) is 0.137. The van der Waals surface area contributed by atoms with E-state index in [0.29, 0.717) is 5.02 Å². The molecule has 12 heteroatoms. The van der Waals surface area contributed by atoms with Crippen molar-refractivity contribution < 1.29 is 21.3 Å². The van der Waals surface area contributed by atoms with Crippen LogP contribution in [0.15, 0.2) is 68.8 Å². The zero-order valence-corrected chi connectivity index (χ0v) is 16.6. The minimum atomic E-state index is -3.79. The normalized spacial score (nSPS) is 12.2. The zero-order valence-electron chi connectivity index (χ0n) is 14.2. The van der Waals surface area contributed by atoms with Gasteiger partial charge in [-0.3, -0.25) is 0 Å². The van der Waals surface area contributed by atoms with E-state index in [0.717, 1.165) is 0 Å². The van der Waals surface area contributed by atoms with E-state index in [1.54, 1.807) is 18.2 Å². The molecule has 148 valence electrons. The Balaban J connectivity index is 1.59. The maximum atomic E-state index is 12.2. The summed E-state index contributed by atoms with van der Waals surface area (Å²) in [7, 11) is -7.51. The van der Waals surface area contributed by atoms with Crippen molar-refractivity contribution in [2.45, 2.75) is 22.9 Å². The van der Waals surface area contributed by atoms with E-state index >= 15 is 0 Å². The van der Waals surface area contributed by atoms with Crippen molar-refractivity contribution in [3.05, 3.63) is 71.4 Å². The lowest BCUT2D eigenvalue weighted by molar-refractivity contribution is 0.438. The van der Waals surface area contributed by atoms with Gasteiger partial charge in [0.2, 0.25) is 31.8 Å². The van der Waals surface area contributed by atoms with Crippen LogP contribution in [0.2, 0.25) is 5.02 Å². The first-order chi connectivity index (χ1) is 13.3. The maximum Gasteiger partial charge on any atom is 0.241 e. The van der Waals surface area contributed by atoms with Crippen LogP contribution in [0.5, 0.6) is 0 Å². The molecular formula is C16H15ClN4O5S2. The highest BCUT2D eigenvalue weighted by Gasteiger charge is 2.17. The summed E-state index contributed by atoms with van der Waals surface area (Å²) in [5.74, 6) is -0.00774. The molecular weight excluding hydrogens is 428 g/mol. The molecule has 0 aliphatic rings. The van der Waals surface area contributed by atoms with Crippen molar-refractivity contribution in [3.8, 4) is 0 Å². The second-order valence-corrected chi connectivity index (χ2v) is 9.48. The SMILES string of the molecule is O=S(=O)(NCc1nnc(CNS(=O)(=O)c2ccc(Cl)cc2)o1)c1ccccc1. The Morgan fingerprint density at radius 3 is 1.71 bits per heavy atom. The van der Waals surface area contributed by atoms with Crippen LogP contribution >= 0.6 is 11.6 Å². The molecule has 0 fully saturated rings. The average Bonchev–Trinajstić information content (AvgIpc) is 3.14. The number of benzene rings is 2. The summed E-state index contributed by atoms with van der Waals surface area (Å²) in [6.07, 6.45) is 0. The molecule has 0 unspecified atom stereocenters. The van der Waals surface area contributed by atoms with Gasteiger partial charge >= 0.3 is 0 Å². The quantitative estimate of drug-likeness (QED) is 0.542. The summed E-state index contributed by atoms with van der Waals surface area (Å²) >= 11 is 5.74. The number of sulfonamides is 2. The van der Waals surface area contributed by atoms with E-state index in [2.05, 4.69) is 19.6 Å². The van der Waals surface area contributed by atoms with Crippen LogP contribution in [0, 0.1) is 0 Å². The topological polar surface area (TPSA) is 131 Å². The van der Waals surface area contributed by atoms with E-state index in [4.69, 9.17) is 16.0 Å². The van der Waals surface area contributed by atoms with Gasteiger partial charge in [0.05, 0.1) is 22.9 Å². The second-order valence-electron chi connectivity index (χ2n) is 5.51. The Labute approximate surface area is 166 Å². The first kappa shape index (κ1) is 20.4. The number of nitrogens with zero attached hydrogens (tertiary/aromatic N) is 2. The van der Waals surface area contributed by atoms with Gasteiger partial charge in [0.25, 0.3) is 0 Å². The molecule has 3 aromatic rings. The highest BCUT2D eigenvalue weighted by atomic mass is 35.5. The largest absolute Gasteiger partial charge is 0.422 e. The molecule has 0 radical (unpaired) electrons. The fourth-order valence-electron chi connectivity index (χ4n) is 2.12. The molecule has 9 nitrogen and oxygen atoms in total. The number of aromatic nitrogens is 2. The van der Waals surface area contributed by atoms with E-state index in [-0.39, 0.29) is 34.7 Å². The number of rotatable bonds is 8. The number of nitrogens with one attached hydrogen (secondary N) is 2. The van der Waals surface area contributed by atoms with Crippen molar-refractivity contribution in [3.63, 3.8) is 0 Å². The zero-order chi connectivity index (χ0) is 20.2. The molecule has 1 heterocycles. The number of hydrogen-bond acceptors (Lipinski definition) is 7. The maximum absolute atomic E-state index is 12.2. The molecule has 0 saturated carbocycles. The predicted octanol–water partition coefficient (Wildman–Crippen LogP) is 1.68. The molecule has 0 amide bonds. The minimum Gasteiger partial charge on any atom is -0.422 e. The molecule has 2 aromatic carbocycles. The van der Waals surface area contributed by atoms with Crippen molar-refractivity contribution in [1.82, 2.24) is 19.6 Å². The third kappa shape index (κ3) is 5.14. The van der Waals surface area contributed by atoms with Gasteiger partial charge < -0.3 is 4.42 Å². The lowest BCUT2D eigenvalue weighted by atomic mass is 10.4. The summed E-state index contributed by atoms with van der Waals surface area (Å²) in [6.45, 7) is -0.475. The summed E-state index contributed by atoms with van der Waals surface area (Å²) < 4.78 is 58.6. The molecule has 0 aliphatic heterocycles. The van der Waals surface area contributed by atoms with Crippen LogP contribution in [-0.2, 0) is 33.1 Å². The van der Waals surface area contributed by atoms with Crippen LogP contribution < -0.4 is 9.44 Å². The second kappa shape index (κ2) is 8.37. The standard InChI is InChI=1S/C16H15ClN4O5S2/c17-12-6-8-14(9-7-12)28(24,25)19-11-16-21-20-15(26-16)10-18-27(22,23)13-4-2-1-3-5-13/h1-9,18-19H,10-11H2.